The Morgan fingerprint density at radius 2 is 1.78 bits per heavy atom. The molecule has 0 bridgehead atoms. The second-order valence-electron chi connectivity index (χ2n) is 5.06. The van der Waals surface area contributed by atoms with Gasteiger partial charge in [-0.2, -0.15) is 0 Å². The van der Waals surface area contributed by atoms with E-state index in [-0.39, 0.29) is 17.7 Å². The summed E-state index contributed by atoms with van der Waals surface area (Å²) in [7, 11) is 0. The van der Waals surface area contributed by atoms with E-state index in [0.29, 0.717) is 21.3 Å². The van der Waals surface area contributed by atoms with Crippen molar-refractivity contribution in [3.8, 4) is 0 Å². The predicted molar refractivity (Wildman–Crippen MR) is 88.8 cm³/mol. The van der Waals surface area contributed by atoms with Gasteiger partial charge >= 0.3 is 0 Å². The fraction of sp³-hybridized carbons (Fsp3) is 0.0625. The monoisotopic (exact) mass is 343 g/mol. The molecule has 0 spiro atoms. The van der Waals surface area contributed by atoms with E-state index in [9.17, 15) is 9.59 Å². The SMILES string of the molecule is O=C1c2ccccc2C(=O)N1CSc1nc2ccc(Cl)cc2[nH]1. The van der Waals surface area contributed by atoms with Gasteiger partial charge in [0.15, 0.2) is 5.16 Å². The number of imidazole rings is 1. The molecule has 23 heavy (non-hydrogen) atoms. The molecule has 7 heteroatoms. The first kappa shape index (κ1) is 14.3. The number of carbonyl (C=O) groups excluding carboxylic acids is 2. The van der Waals surface area contributed by atoms with Gasteiger partial charge in [-0.15, -0.1) is 0 Å². The minimum absolute atomic E-state index is 0.208. The van der Waals surface area contributed by atoms with Crippen molar-refractivity contribution in [2.75, 3.05) is 5.88 Å². The van der Waals surface area contributed by atoms with Gasteiger partial charge in [0.2, 0.25) is 0 Å². The highest BCUT2D eigenvalue weighted by Gasteiger charge is 2.35. The number of hydrogen-bond acceptors (Lipinski definition) is 4. The van der Waals surface area contributed by atoms with Crippen molar-refractivity contribution >= 4 is 46.2 Å². The maximum Gasteiger partial charge on any atom is 0.262 e. The van der Waals surface area contributed by atoms with Crippen molar-refractivity contribution in [1.29, 1.82) is 0 Å². The van der Waals surface area contributed by atoms with Crippen molar-refractivity contribution < 1.29 is 9.59 Å². The Hall–Kier alpha value is -2.31. The molecule has 1 aliphatic rings. The summed E-state index contributed by atoms with van der Waals surface area (Å²) in [5.41, 5.74) is 2.52. The lowest BCUT2D eigenvalue weighted by Crippen LogP contribution is -2.29. The number of fused-ring (bicyclic) bond motifs is 2. The third-order valence-corrected chi connectivity index (χ3v) is 4.72. The number of aromatic nitrogens is 2. The first-order valence-corrected chi connectivity index (χ1v) is 8.23. The van der Waals surface area contributed by atoms with Gasteiger partial charge in [0.1, 0.15) is 0 Å². The number of benzene rings is 2. The molecule has 3 aromatic rings. The van der Waals surface area contributed by atoms with Crippen molar-refractivity contribution in [2.24, 2.45) is 0 Å². The average molecular weight is 344 g/mol. The van der Waals surface area contributed by atoms with Crippen LogP contribution in [0.4, 0.5) is 0 Å². The number of nitrogens with one attached hydrogen (secondary N) is 1. The van der Waals surface area contributed by atoms with E-state index in [1.807, 2.05) is 6.07 Å². The number of hydrogen-bond donors (Lipinski definition) is 1. The molecule has 0 fully saturated rings. The van der Waals surface area contributed by atoms with Gasteiger partial charge in [0.05, 0.1) is 28.0 Å². The Bertz CT molecular complexity index is 918. The average Bonchev–Trinajstić information content (AvgIpc) is 3.06. The quantitative estimate of drug-likeness (QED) is 0.583. The number of imide groups is 1. The highest BCUT2D eigenvalue weighted by Crippen LogP contribution is 2.27. The minimum atomic E-state index is -0.266. The lowest BCUT2D eigenvalue weighted by molar-refractivity contribution is 0.0684. The molecule has 4 rings (SSSR count). The second kappa shape index (κ2) is 5.40. The number of aromatic amines is 1. The summed E-state index contributed by atoms with van der Waals surface area (Å²) >= 11 is 7.25. The third kappa shape index (κ3) is 2.40. The topological polar surface area (TPSA) is 66.1 Å². The van der Waals surface area contributed by atoms with Gasteiger partial charge in [-0.3, -0.25) is 14.5 Å². The van der Waals surface area contributed by atoms with Crippen molar-refractivity contribution in [2.45, 2.75) is 5.16 Å². The van der Waals surface area contributed by atoms with Crippen LogP contribution in [-0.4, -0.2) is 32.6 Å². The molecule has 1 aromatic heterocycles. The molecule has 2 amide bonds. The van der Waals surface area contributed by atoms with Crippen LogP contribution in [0.15, 0.2) is 47.6 Å². The summed E-state index contributed by atoms with van der Waals surface area (Å²) in [6, 6.07) is 12.2. The summed E-state index contributed by atoms with van der Waals surface area (Å²) in [4.78, 5) is 33.4. The van der Waals surface area contributed by atoms with Crippen molar-refractivity contribution in [3.63, 3.8) is 0 Å². The van der Waals surface area contributed by atoms with Crippen LogP contribution in [0.25, 0.3) is 11.0 Å². The molecule has 0 atom stereocenters. The normalized spacial score (nSPS) is 13.9. The molecule has 2 aromatic carbocycles. The van der Waals surface area contributed by atoms with Gasteiger partial charge in [-0.25, -0.2) is 4.98 Å². The molecule has 0 saturated carbocycles. The third-order valence-electron chi connectivity index (χ3n) is 3.63. The maximum absolute atomic E-state index is 12.3. The smallest absolute Gasteiger partial charge is 0.262 e. The Balaban J connectivity index is 1.55. The standard InChI is InChI=1S/C16H10ClN3O2S/c17-9-5-6-12-13(7-9)19-16(18-12)23-8-20-14(21)10-3-1-2-4-11(10)15(20)22/h1-7H,8H2,(H,18,19). The zero-order chi connectivity index (χ0) is 16.0. The van der Waals surface area contributed by atoms with E-state index in [0.717, 1.165) is 11.0 Å². The molecule has 2 heterocycles. The second-order valence-corrected chi connectivity index (χ2v) is 6.43. The number of carbonyl (C=O) groups is 2. The molecule has 1 N–H and O–H groups in total. The largest absolute Gasteiger partial charge is 0.333 e. The molecular weight excluding hydrogens is 334 g/mol. The van der Waals surface area contributed by atoms with Gasteiger partial charge in [0.25, 0.3) is 11.8 Å². The van der Waals surface area contributed by atoms with E-state index in [2.05, 4.69) is 9.97 Å². The van der Waals surface area contributed by atoms with Crippen LogP contribution in [0.3, 0.4) is 0 Å². The number of H-pyrrole nitrogens is 1. The van der Waals surface area contributed by atoms with Crippen molar-refractivity contribution in [1.82, 2.24) is 14.9 Å². The number of thioether (sulfide) groups is 1. The highest BCUT2D eigenvalue weighted by molar-refractivity contribution is 7.99. The van der Waals surface area contributed by atoms with Crippen LogP contribution in [0, 0.1) is 0 Å². The minimum Gasteiger partial charge on any atom is -0.333 e. The summed E-state index contributed by atoms with van der Waals surface area (Å²) in [6.07, 6.45) is 0. The number of rotatable bonds is 3. The summed E-state index contributed by atoms with van der Waals surface area (Å²) in [6.45, 7) is 0. The maximum atomic E-state index is 12.3. The molecule has 0 saturated heterocycles. The Kier molecular flexibility index (Phi) is 3.36. The van der Waals surface area contributed by atoms with Gasteiger partial charge < -0.3 is 4.98 Å². The molecule has 114 valence electrons. The van der Waals surface area contributed by atoms with Crippen LogP contribution in [0.5, 0.6) is 0 Å². The van der Waals surface area contributed by atoms with Crippen molar-refractivity contribution in [3.05, 3.63) is 58.6 Å². The van der Waals surface area contributed by atoms with Crippen LogP contribution in [0.2, 0.25) is 5.02 Å². The number of nitrogens with zero attached hydrogens (tertiary/aromatic N) is 2. The van der Waals surface area contributed by atoms with Gasteiger partial charge in [-0.05, 0) is 30.3 Å². The lowest BCUT2D eigenvalue weighted by atomic mass is 10.1. The zero-order valence-corrected chi connectivity index (χ0v) is 13.3. The van der Waals surface area contributed by atoms with E-state index in [4.69, 9.17) is 11.6 Å². The van der Waals surface area contributed by atoms with Crippen LogP contribution in [-0.2, 0) is 0 Å². The summed E-state index contributed by atoms with van der Waals surface area (Å²) < 4.78 is 0. The molecule has 0 unspecified atom stereocenters. The first-order valence-electron chi connectivity index (χ1n) is 6.87. The van der Waals surface area contributed by atoms with Gasteiger partial charge in [0, 0.05) is 5.02 Å². The lowest BCUT2D eigenvalue weighted by Gasteiger charge is -2.11. The molecule has 5 nitrogen and oxygen atoms in total. The van der Waals surface area contributed by atoms with E-state index in [1.165, 1.54) is 16.7 Å². The zero-order valence-electron chi connectivity index (χ0n) is 11.7. The Morgan fingerprint density at radius 3 is 2.48 bits per heavy atom. The molecular formula is C16H10ClN3O2S. The Labute approximate surface area is 140 Å². The first-order chi connectivity index (χ1) is 11.1. The number of halogens is 1. The van der Waals surface area contributed by atoms with E-state index in [1.54, 1.807) is 36.4 Å². The summed E-state index contributed by atoms with van der Waals surface area (Å²) in [5, 5.41) is 1.26. The van der Waals surface area contributed by atoms with Gasteiger partial charge in [-0.1, -0.05) is 35.5 Å². The van der Waals surface area contributed by atoms with E-state index >= 15 is 0 Å². The number of amides is 2. The van der Waals surface area contributed by atoms with Crippen LogP contribution < -0.4 is 0 Å². The summed E-state index contributed by atoms with van der Waals surface area (Å²) in [5.74, 6) is -0.325. The predicted octanol–water partition coefficient (Wildman–Crippen LogP) is 3.56. The molecule has 0 radical (unpaired) electrons. The van der Waals surface area contributed by atoms with Crippen LogP contribution in [0.1, 0.15) is 20.7 Å². The molecule has 1 aliphatic heterocycles. The molecule has 0 aliphatic carbocycles. The van der Waals surface area contributed by atoms with E-state index < -0.39 is 0 Å². The van der Waals surface area contributed by atoms with Crippen LogP contribution >= 0.6 is 23.4 Å². The fourth-order valence-electron chi connectivity index (χ4n) is 2.51. The fourth-order valence-corrected chi connectivity index (χ4v) is 3.51. The Morgan fingerprint density at radius 1 is 1.09 bits per heavy atom. The highest BCUT2D eigenvalue weighted by atomic mass is 35.5.